The van der Waals surface area contributed by atoms with Crippen molar-refractivity contribution in [3.63, 3.8) is 0 Å². The molecule has 2 aromatic rings. The number of para-hydroxylation sites is 1. The van der Waals surface area contributed by atoms with Crippen LogP contribution in [-0.2, 0) is 9.59 Å². The molecule has 0 aromatic heterocycles. The topological polar surface area (TPSA) is 87.7 Å². The Kier molecular flexibility index (Phi) is 6.93. The van der Waals surface area contributed by atoms with Gasteiger partial charge in [0.2, 0.25) is 11.8 Å². The van der Waals surface area contributed by atoms with Crippen LogP contribution in [0.5, 0.6) is 5.75 Å². The van der Waals surface area contributed by atoms with Crippen LogP contribution in [0.2, 0.25) is 5.02 Å². The van der Waals surface area contributed by atoms with Crippen molar-refractivity contribution in [1.82, 2.24) is 5.32 Å². The lowest BCUT2D eigenvalue weighted by Gasteiger charge is -2.20. The number of hydrogen-bond acceptors (Lipinski definition) is 4. The van der Waals surface area contributed by atoms with Gasteiger partial charge in [0.15, 0.2) is 0 Å². The molecule has 2 aromatic carbocycles. The maximum absolute atomic E-state index is 12.8. The molecule has 1 heterocycles. The van der Waals surface area contributed by atoms with E-state index >= 15 is 0 Å². The zero-order valence-corrected chi connectivity index (χ0v) is 17.6. The van der Waals surface area contributed by atoms with Gasteiger partial charge in [-0.2, -0.15) is 13.2 Å². The molecule has 0 radical (unpaired) electrons. The van der Waals surface area contributed by atoms with E-state index in [4.69, 9.17) is 16.3 Å². The van der Waals surface area contributed by atoms with E-state index in [2.05, 4.69) is 5.32 Å². The zero-order valence-electron chi connectivity index (χ0n) is 16.8. The Morgan fingerprint density at radius 1 is 1.22 bits per heavy atom. The first kappa shape index (κ1) is 23.4. The van der Waals surface area contributed by atoms with Crippen LogP contribution >= 0.6 is 11.6 Å². The molecule has 0 spiro atoms. The number of nitrogens with zero attached hydrogens (tertiary/aromatic N) is 1. The van der Waals surface area contributed by atoms with E-state index < -0.39 is 30.5 Å². The molecular formula is C21H19ClF3N3O4. The summed E-state index contributed by atoms with van der Waals surface area (Å²) in [6.45, 7) is -1.45. The Hall–Kier alpha value is -3.27. The number of amides is 3. The van der Waals surface area contributed by atoms with Gasteiger partial charge in [0, 0.05) is 18.0 Å². The highest BCUT2D eigenvalue weighted by molar-refractivity contribution is 6.31. The van der Waals surface area contributed by atoms with Crippen LogP contribution in [0.25, 0.3) is 0 Å². The van der Waals surface area contributed by atoms with Crippen molar-refractivity contribution in [3.8, 4) is 5.75 Å². The summed E-state index contributed by atoms with van der Waals surface area (Å²) in [6.07, 6.45) is -4.66. The lowest BCUT2D eigenvalue weighted by atomic mass is 10.1. The van der Waals surface area contributed by atoms with Gasteiger partial charge in [0.05, 0.1) is 30.0 Å². The Labute approximate surface area is 186 Å². The number of nitrogens with one attached hydrogen (secondary N) is 2. The normalized spacial score (nSPS) is 16.1. The minimum atomic E-state index is -4.57. The predicted molar refractivity (Wildman–Crippen MR) is 112 cm³/mol. The van der Waals surface area contributed by atoms with Crippen LogP contribution in [0, 0.1) is 5.92 Å². The Morgan fingerprint density at radius 3 is 2.62 bits per heavy atom. The Bertz CT molecular complexity index is 1050. The number of methoxy groups -OCH3 is 1. The fourth-order valence-corrected chi connectivity index (χ4v) is 3.46. The molecule has 1 fully saturated rings. The summed E-state index contributed by atoms with van der Waals surface area (Å²) in [7, 11) is 1.44. The Morgan fingerprint density at radius 2 is 1.94 bits per heavy atom. The van der Waals surface area contributed by atoms with E-state index in [1.54, 1.807) is 23.5 Å². The van der Waals surface area contributed by atoms with Crippen LogP contribution in [0.4, 0.5) is 24.5 Å². The third-order valence-corrected chi connectivity index (χ3v) is 5.04. The molecule has 170 valence electrons. The van der Waals surface area contributed by atoms with Gasteiger partial charge in [-0.3, -0.25) is 14.4 Å². The molecule has 11 heteroatoms. The second-order valence-electron chi connectivity index (χ2n) is 7.05. The largest absolute Gasteiger partial charge is 0.495 e. The first-order valence-electron chi connectivity index (χ1n) is 9.48. The van der Waals surface area contributed by atoms with Gasteiger partial charge >= 0.3 is 6.18 Å². The standard InChI is InChI=1S/C21H19ClF3N3O4/c1-32-17-7-6-13(22)9-16(17)28-10-12(8-18(28)29)19(30)27-15-5-3-2-4-14(15)20(31)26-11-21(23,24)25/h2-7,9,12H,8,10-11H2,1H3,(H,26,31)(H,27,30). The minimum absolute atomic E-state index is 0.0448. The lowest BCUT2D eigenvalue weighted by molar-refractivity contribution is -0.123. The predicted octanol–water partition coefficient (Wildman–Crippen LogP) is 3.63. The third kappa shape index (κ3) is 5.50. The second kappa shape index (κ2) is 9.47. The first-order chi connectivity index (χ1) is 15.1. The summed E-state index contributed by atoms with van der Waals surface area (Å²) in [5.74, 6) is -2.18. The van der Waals surface area contributed by atoms with Crippen molar-refractivity contribution >= 4 is 40.7 Å². The molecule has 3 amide bonds. The van der Waals surface area contributed by atoms with Crippen molar-refractivity contribution in [2.75, 3.05) is 30.4 Å². The number of carbonyl (C=O) groups is 3. The highest BCUT2D eigenvalue weighted by Crippen LogP contribution is 2.35. The molecule has 32 heavy (non-hydrogen) atoms. The molecule has 3 rings (SSSR count). The summed E-state index contributed by atoms with van der Waals surface area (Å²) in [6, 6.07) is 10.4. The van der Waals surface area contributed by atoms with Crippen molar-refractivity contribution in [3.05, 3.63) is 53.1 Å². The molecule has 1 saturated heterocycles. The fraction of sp³-hybridized carbons (Fsp3) is 0.286. The Balaban J connectivity index is 1.73. The van der Waals surface area contributed by atoms with E-state index in [-0.39, 0.29) is 30.1 Å². The number of carbonyl (C=O) groups excluding carboxylic acids is 3. The van der Waals surface area contributed by atoms with Crippen LogP contribution in [-0.4, -0.2) is 44.1 Å². The minimum Gasteiger partial charge on any atom is -0.495 e. The van der Waals surface area contributed by atoms with Crippen molar-refractivity contribution in [2.24, 2.45) is 5.92 Å². The highest BCUT2D eigenvalue weighted by atomic mass is 35.5. The zero-order chi connectivity index (χ0) is 23.5. The quantitative estimate of drug-likeness (QED) is 0.676. The molecular weight excluding hydrogens is 451 g/mol. The molecule has 1 unspecified atom stereocenters. The van der Waals surface area contributed by atoms with Gasteiger partial charge in [-0.25, -0.2) is 0 Å². The van der Waals surface area contributed by atoms with E-state index in [1.165, 1.54) is 36.3 Å². The smallest absolute Gasteiger partial charge is 0.405 e. The van der Waals surface area contributed by atoms with Crippen molar-refractivity contribution in [1.29, 1.82) is 0 Å². The molecule has 2 N–H and O–H groups in total. The molecule has 1 aliphatic heterocycles. The van der Waals surface area contributed by atoms with Crippen LogP contribution in [0.3, 0.4) is 0 Å². The van der Waals surface area contributed by atoms with Crippen LogP contribution in [0.1, 0.15) is 16.8 Å². The van der Waals surface area contributed by atoms with Crippen molar-refractivity contribution in [2.45, 2.75) is 12.6 Å². The van der Waals surface area contributed by atoms with Crippen LogP contribution < -0.4 is 20.3 Å². The van der Waals surface area contributed by atoms with Gasteiger partial charge in [-0.15, -0.1) is 0 Å². The summed E-state index contributed by atoms with van der Waals surface area (Å²) in [4.78, 5) is 38.9. The number of halogens is 4. The molecule has 0 aliphatic carbocycles. The van der Waals surface area contributed by atoms with E-state index in [0.717, 1.165) is 0 Å². The average molecular weight is 470 g/mol. The summed E-state index contributed by atoms with van der Waals surface area (Å²) < 4.78 is 42.5. The monoisotopic (exact) mass is 469 g/mol. The SMILES string of the molecule is COc1ccc(Cl)cc1N1CC(C(=O)Nc2ccccc2C(=O)NCC(F)(F)F)CC1=O. The number of hydrogen-bond donors (Lipinski definition) is 2. The second-order valence-corrected chi connectivity index (χ2v) is 7.49. The van der Waals surface area contributed by atoms with Gasteiger partial charge in [-0.05, 0) is 30.3 Å². The number of rotatable bonds is 6. The molecule has 0 saturated carbocycles. The maximum atomic E-state index is 12.8. The fourth-order valence-electron chi connectivity index (χ4n) is 3.29. The summed E-state index contributed by atoms with van der Waals surface area (Å²) in [5.41, 5.74) is 0.346. The van der Waals surface area contributed by atoms with E-state index in [9.17, 15) is 27.6 Å². The number of benzene rings is 2. The first-order valence-corrected chi connectivity index (χ1v) is 9.85. The van der Waals surface area contributed by atoms with E-state index in [0.29, 0.717) is 16.5 Å². The molecule has 1 atom stereocenters. The summed E-state index contributed by atoms with van der Waals surface area (Å²) >= 11 is 6.03. The third-order valence-electron chi connectivity index (χ3n) is 4.81. The number of anilines is 2. The highest BCUT2D eigenvalue weighted by Gasteiger charge is 2.37. The van der Waals surface area contributed by atoms with Crippen molar-refractivity contribution < 1.29 is 32.3 Å². The van der Waals surface area contributed by atoms with E-state index in [1.807, 2.05) is 0 Å². The average Bonchev–Trinajstić information content (AvgIpc) is 3.13. The van der Waals surface area contributed by atoms with Crippen LogP contribution in [0.15, 0.2) is 42.5 Å². The van der Waals surface area contributed by atoms with Gasteiger partial charge in [-0.1, -0.05) is 23.7 Å². The van der Waals surface area contributed by atoms with Gasteiger partial charge < -0.3 is 20.3 Å². The number of ether oxygens (including phenoxy) is 1. The lowest BCUT2D eigenvalue weighted by Crippen LogP contribution is -2.34. The number of alkyl halides is 3. The van der Waals surface area contributed by atoms with Gasteiger partial charge in [0.1, 0.15) is 12.3 Å². The maximum Gasteiger partial charge on any atom is 0.405 e. The molecule has 0 bridgehead atoms. The van der Waals surface area contributed by atoms with Gasteiger partial charge in [0.25, 0.3) is 5.91 Å². The summed E-state index contributed by atoms with van der Waals surface area (Å²) in [5, 5.41) is 4.71. The molecule has 7 nitrogen and oxygen atoms in total. The molecule has 1 aliphatic rings.